The van der Waals surface area contributed by atoms with Gasteiger partial charge in [-0.2, -0.15) is 0 Å². The predicted molar refractivity (Wildman–Crippen MR) is 99.8 cm³/mol. The molecule has 2 aliphatic rings. The number of para-hydroxylation sites is 1. The molecule has 1 aliphatic heterocycles. The number of nitrogens with one attached hydrogen (secondary N) is 1. The largest absolute Gasteiger partial charge is 0.335 e. The second-order valence-corrected chi connectivity index (χ2v) is 7.10. The van der Waals surface area contributed by atoms with Crippen molar-refractivity contribution < 1.29 is 19.2 Å². The number of benzene rings is 1. The van der Waals surface area contributed by atoms with Crippen LogP contribution in [0.25, 0.3) is 0 Å². The summed E-state index contributed by atoms with van der Waals surface area (Å²) < 4.78 is 0. The highest BCUT2D eigenvalue weighted by molar-refractivity contribution is 6.33. The van der Waals surface area contributed by atoms with Crippen LogP contribution in [-0.4, -0.2) is 53.6 Å². The van der Waals surface area contributed by atoms with Gasteiger partial charge in [0.25, 0.3) is 0 Å². The molecule has 1 heterocycles. The molecule has 0 spiro atoms. The average Bonchev–Trinajstić information content (AvgIpc) is 2.89. The lowest BCUT2D eigenvalue weighted by atomic mass is 9.85. The first kappa shape index (κ1) is 19.1. The molecule has 0 unspecified atom stereocenters. The minimum atomic E-state index is -0.474. The van der Waals surface area contributed by atoms with Crippen LogP contribution in [-0.2, 0) is 19.2 Å². The fourth-order valence-corrected chi connectivity index (χ4v) is 3.52. The van der Waals surface area contributed by atoms with Gasteiger partial charge in [0.05, 0.1) is 29.1 Å². The van der Waals surface area contributed by atoms with Crippen molar-refractivity contribution in [2.24, 2.45) is 11.8 Å². The molecule has 1 aromatic rings. The third-order valence-electron chi connectivity index (χ3n) is 4.85. The minimum absolute atomic E-state index is 0.214. The van der Waals surface area contributed by atoms with Crippen molar-refractivity contribution in [2.75, 3.05) is 25.5 Å². The summed E-state index contributed by atoms with van der Waals surface area (Å²) in [4.78, 5) is 51.6. The average molecular weight is 390 g/mol. The van der Waals surface area contributed by atoms with Crippen LogP contribution in [0.5, 0.6) is 0 Å². The highest BCUT2D eigenvalue weighted by Gasteiger charge is 2.47. The number of nitrogens with zero attached hydrogens (tertiary/aromatic N) is 2. The summed E-state index contributed by atoms with van der Waals surface area (Å²) in [5.41, 5.74) is 0.450. The summed E-state index contributed by atoms with van der Waals surface area (Å²) in [5.74, 6) is -2.25. The van der Waals surface area contributed by atoms with Gasteiger partial charge in [-0.05, 0) is 25.0 Å². The SMILES string of the molecule is CN(CC(=O)Nc1ccccc1Cl)C(=O)CN1C(=O)[C@@H]2CC=CC[C@H]2C1=O. The maximum Gasteiger partial charge on any atom is 0.244 e. The molecule has 0 radical (unpaired) electrons. The Balaban J connectivity index is 1.56. The van der Waals surface area contributed by atoms with Gasteiger partial charge in [-0.15, -0.1) is 0 Å². The van der Waals surface area contributed by atoms with Crippen LogP contribution in [0.15, 0.2) is 36.4 Å². The van der Waals surface area contributed by atoms with Crippen molar-refractivity contribution in [3.63, 3.8) is 0 Å². The Morgan fingerprint density at radius 2 is 1.74 bits per heavy atom. The predicted octanol–water partition coefficient (Wildman–Crippen LogP) is 1.69. The number of likely N-dealkylation sites (tertiary alicyclic amines) is 1. The van der Waals surface area contributed by atoms with E-state index in [4.69, 9.17) is 11.6 Å². The number of likely N-dealkylation sites (N-methyl/N-ethyl adjacent to an activating group) is 1. The van der Waals surface area contributed by atoms with E-state index < -0.39 is 11.8 Å². The van der Waals surface area contributed by atoms with Gasteiger partial charge in [-0.1, -0.05) is 35.9 Å². The van der Waals surface area contributed by atoms with Gasteiger partial charge in [0.15, 0.2) is 0 Å². The van der Waals surface area contributed by atoms with Crippen molar-refractivity contribution in [2.45, 2.75) is 12.8 Å². The normalized spacial score (nSPS) is 21.2. The first-order valence-electron chi connectivity index (χ1n) is 8.67. The van der Waals surface area contributed by atoms with Crippen LogP contribution in [0.1, 0.15) is 12.8 Å². The van der Waals surface area contributed by atoms with Gasteiger partial charge in [-0.3, -0.25) is 24.1 Å². The number of rotatable bonds is 5. The van der Waals surface area contributed by atoms with Gasteiger partial charge >= 0.3 is 0 Å². The summed E-state index contributed by atoms with van der Waals surface area (Å²) in [6.07, 6.45) is 4.83. The van der Waals surface area contributed by atoms with E-state index in [0.717, 1.165) is 4.90 Å². The van der Waals surface area contributed by atoms with Gasteiger partial charge in [-0.25, -0.2) is 0 Å². The van der Waals surface area contributed by atoms with E-state index in [1.54, 1.807) is 24.3 Å². The number of allylic oxidation sites excluding steroid dienone is 2. The Kier molecular flexibility index (Phi) is 5.60. The van der Waals surface area contributed by atoms with E-state index in [1.165, 1.54) is 11.9 Å². The summed E-state index contributed by atoms with van der Waals surface area (Å²) in [6.45, 7) is -0.560. The van der Waals surface area contributed by atoms with Crippen LogP contribution in [0.2, 0.25) is 5.02 Å². The molecule has 1 saturated heterocycles. The number of carbonyl (C=O) groups excluding carboxylic acids is 4. The number of hydrogen-bond acceptors (Lipinski definition) is 4. The van der Waals surface area contributed by atoms with Gasteiger partial charge < -0.3 is 10.2 Å². The molecule has 1 aromatic carbocycles. The Morgan fingerprint density at radius 1 is 1.15 bits per heavy atom. The van der Waals surface area contributed by atoms with Crippen LogP contribution in [0, 0.1) is 11.8 Å². The molecule has 2 atom stereocenters. The van der Waals surface area contributed by atoms with Crippen molar-refractivity contribution in [1.29, 1.82) is 0 Å². The second-order valence-electron chi connectivity index (χ2n) is 6.70. The highest BCUT2D eigenvalue weighted by atomic mass is 35.5. The molecule has 1 aliphatic carbocycles. The zero-order valence-corrected chi connectivity index (χ0v) is 15.6. The van der Waals surface area contributed by atoms with E-state index in [1.807, 2.05) is 12.2 Å². The lowest BCUT2D eigenvalue weighted by Crippen LogP contribution is -2.44. The third-order valence-corrected chi connectivity index (χ3v) is 5.18. The lowest BCUT2D eigenvalue weighted by molar-refractivity contribution is -0.146. The maximum absolute atomic E-state index is 12.4. The maximum atomic E-state index is 12.4. The summed E-state index contributed by atoms with van der Waals surface area (Å²) >= 11 is 5.99. The molecule has 8 heteroatoms. The summed E-state index contributed by atoms with van der Waals surface area (Å²) in [6, 6.07) is 6.77. The molecule has 1 fully saturated rings. The Hall–Kier alpha value is -2.67. The Bertz CT molecular complexity index is 797. The van der Waals surface area contributed by atoms with Crippen molar-refractivity contribution in [3.8, 4) is 0 Å². The quantitative estimate of drug-likeness (QED) is 0.613. The van der Waals surface area contributed by atoms with E-state index in [0.29, 0.717) is 23.6 Å². The van der Waals surface area contributed by atoms with E-state index in [9.17, 15) is 19.2 Å². The van der Waals surface area contributed by atoms with Gasteiger partial charge in [0.1, 0.15) is 6.54 Å². The molecule has 0 saturated carbocycles. The standard InChI is InChI=1S/C19H20ClN3O4/c1-22(10-16(24)21-15-9-5-4-8-14(15)20)17(25)11-23-18(26)12-6-2-3-7-13(12)19(23)27/h2-5,8-9,12-13H,6-7,10-11H2,1H3,(H,21,24)/t12-,13-/m1/s1. The van der Waals surface area contributed by atoms with Crippen molar-refractivity contribution >= 4 is 40.9 Å². The number of anilines is 1. The van der Waals surface area contributed by atoms with Gasteiger partial charge in [0, 0.05) is 7.05 Å². The molecule has 0 bridgehead atoms. The van der Waals surface area contributed by atoms with Crippen LogP contribution < -0.4 is 5.32 Å². The molecular weight excluding hydrogens is 370 g/mol. The molecule has 27 heavy (non-hydrogen) atoms. The minimum Gasteiger partial charge on any atom is -0.335 e. The number of carbonyl (C=O) groups is 4. The topological polar surface area (TPSA) is 86.8 Å². The molecule has 7 nitrogen and oxygen atoms in total. The second kappa shape index (κ2) is 7.92. The number of fused-ring (bicyclic) bond motifs is 1. The molecule has 142 valence electrons. The van der Waals surface area contributed by atoms with E-state index >= 15 is 0 Å². The molecule has 0 aromatic heterocycles. The van der Waals surface area contributed by atoms with E-state index in [-0.39, 0.29) is 36.7 Å². The first-order chi connectivity index (χ1) is 12.9. The number of amides is 4. The van der Waals surface area contributed by atoms with E-state index in [2.05, 4.69) is 5.32 Å². The smallest absolute Gasteiger partial charge is 0.244 e. The van der Waals surface area contributed by atoms with Crippen molar-refractivity contribution in [3.05, 3.63) is 41.4 Å². The Morgan fingerprint density at radius 3 is 2.33 bits per heavy atom. The third kappa shape index (κ3) is 4.03. The van der Waals surface area contributed by atoms with Crippen LogP contribution in [0.4, 0.5) is 5.69 Å². The fourth-order valence-electron chi connectivity index (χ4n) is 3.34. The number of halogens is 1. The van der Waals surface area contributed by atoms with Gasteiger partial charge in [0.2, 0.25) is 23.6 Å². The van der Waals surface area contributed by atoms with Crippen LogP contribution >= 0.6 is 11.6 Å². The first-order valence-corrected chi connectivity index (χ1v) is 9.05. The fraction of sp³-hybridized carbons (Fsp3) is 0.368. The lowest BCUT2D eigenvalue weighted by Gasteiger charge is -2.20. The monoisotopic (exact) mass is 389 g/mol. The zero-order valence-electron chi connectivity index (χ0n) is 14.9. The molecular formula is C19H20ClN3O4. The number of imide groups is 1. The Labute approximate surface area is 161 Å². The highest BCUT2D eigenvalue weighted by Crippen LogP contribution is 2.34. The molecule has 1 N–H and O–H groups in total. The summed E-state index contributed by atoms with van der Waals surface area (Å²) in [5, 5.41) is 3.02. The zero-order chi connectivity index (χ0) is 19.6. The van der Waals surface area contributed by atoms with Crippen molar-refractivity contribution in [1.82, 2.24) is 9.80 Å². The molecule has 4 amide bonds. The van der Waals surface area contributed by atoms with Crippen LogP contribution in [0.3, 0.4) is 0 Å². The molecule has 3 rings (SSSR count). The summed E-state index contributed by atoms with van der Waals surface area (Å²) in [7, 11) is 1.45. The number of hydrogen-bond donors (Lipinski definition) is 1.